The Bertz CT molecular complexity index is 1400. The molecule has 2 aliphatic carbocycles. The van der Waals surface area contributed by atoms with Crippen molar-refractivity contribution in [3.05, 3.63) is 82.0 Å². The molecule has 0 fully saturated rings. The van der Waals surface area contributed by atoms with Crippen molar-refractivity contribution in [1.29, 1.82) is 0 Å². The van der Waals surface area contributed by atoms with Gasteiger partial charge in [-0.05, 0) is 127 Å². The zero-order chi connectivity index (χ0) is 33.6. The van der Waals surface area contributed by atoms with Crippen LogP contribution < -0.4 is 4.74 Å². The minimum atomic E-state index is -0.177. The Morgan fingerprint density at radius 2 is 1.26 bits per heavy atom. The summed E-state index contributed by atoms with van der Waals surface area (Å²) in [4.78, 5) is 0. The normalized spacial score (nSPS) is 22.6. The third kappa shape index (κ3) is 9.27. The van der Waals surface area contributed by atoms with E-state index in [2.05, 4.69) is 66.3 Å². The van der Waals surface area contributed by atoms with Gasteiger partial charge in [-0.1, -0.05) is 82.4 Å². The van der Waals surface area contributed by atoms with Gasteiger partial charge < -0.3 is 20.1 Å². The summed E-state index contributed by atoms with van der Waals surface area (Å²) >= 11 is 0. The minimum Gasteiger partial charge on any atom is -0.507 e. The minimum absolute atomic E-state index is 0. The van der Waals surface area contributed by atoms with Gasteiger partial charge in [0.2, 0.25) is 0 Å². The number of ether oxygens (including phenoxy) is 1. The van der Waals surface area contributed by atoms with Gasteiger partial charge in [-0.15, -0.1) is 0 Å². The zero-order valence-electron chi connectivity index (χ0n) is 29.7. The summed E-state index contributed by atoms with van der Waals surface area (Å²) in [6.07, 6.45) is 17.9. The average molecular weight is 645 g/mol. The maximum Gasteiger partial charge on any atom is 0.127 e. The second-order valence-electron chi connectivity index (χ2n) is 14.9. The summed E-state index contributed by atoms with van der Waals surface area (Å²) < 4.78 is 6.36. The number of fused-ring (bicyclic) bond motifs is 3. The molecule has 0 saturated heterocycles. The van der Waals surface area contributed by atoms with Crippen LogP contribution in [0.4, 0.5) is 0 Å². The summed E-state index contributed by atoms with van der Waals surface area (Å²) in [5.41, 5.74) is 7.57. The van der Waals surface area contributed by atoms with E-state index in [1.165, 1.54) is 48.8 Å². The van der Waals surface area contributed by atoms with Crippen molar-refractivity contribution in [1.82, 2.24) is 0 Å². The lowest BCUT2D eigenvalue weighted by Gasteiger charge is -2.46. The number of phenolic OH excluding ortho intramolecular Hbond substituents is 3. The van der Waals surface area contributed by atoms with E-state index >= 15 is 0 Å². The highest BCUT2D eigenvalue weighted by molar-refractivity contribution is 5.54. The van der Waals surface area contributed by atoms with Gasteiger partial charge in [-0.3, -0.25) is 0 Å². The molecule has 47 heavy (non-hydrogen) atoms. The fourth-order valence-corrected chi connectivity index (χ4v) is 7.95. The van der Waals surface area contributed by atoms with Crippen molar-refractivity contribution in [3.8, 4) is 23.0 Å². The van der Waals surface area contributed by atoms with Crippen molar-refractivity contribution in [2.45, 2.75) is 150 Å². The van der Waals surface area contributed by atoms with E-state index in [1.807, 2.05) is 25.1 Å². The third-order valence-electron chi connectivity index (χ3n) is 10.6. The van der Waals surface area contributed by atoms with Crippen molar-refractivity contribution in [2.75, 3.05) is 0 Å². The fourth-order valence-electron chi connectivity index (χ4n) is 7.95. The Morgan fingerprint density at radius 1 is 0.766 bits per heavy atom. The van der Waals surface area contributed by atoms with E-state index in [1.54, 1.807) is 0 Å². The molecule has 0 spiro atoms. The van der Waals surface area contributed by atoms with Crippen LogP contribution in [-0.2, 0) is 12.8 Å². The second kappa shape index (κ2) is 16.8. The summed E-state index contributed by atoms with van der Waals surface area (Å²) in [6.45, 7) is 19.3. The lowest BCUT2D eigenvalue weighted by molar-refractivity contribution is 0.0107. The number of rotatable bonds is 10. The SMILES string of the molecule is C.C=C(C)C1CCC(C)=CC1c1c(O)cc(CCCCC)cc1O.CCCCCc1cc(O)c2c(c1)OC(C)(C)[C@@H]1CCC(C)=C[C@@H]21. The highest BCUT2D eigenvalue weighted by Gasteiger charge is 2.45. The molecule has 1 heterocycles. The predicted octanol–water partition coefficient (Wildman–Crippen LogP) is 12.2. The second-order valence-corrected chi connectivity index (χ2v) is 14.9. The van der Waals surface area contributed by atoms with Crippen LogP contribution in [0.1, 0.15) is 154 Å². The Labute approximate surface area is 286 Å². The molecule has 4 atom stereocenters. The number of phenols is 3. The van der Waals surface area contributed by atoms with Gasteiger partial charge in [0, 0.05) is 28.9 Å². The van der Waals surface area contributed by atoms with Crippen LogP contribution in [0.2, 0.25) is 0 Å². The number of benzene rings is 2. The maximum atomic E-state index is 10.7. The van der Waals surface area contributed by atoms with Gasteiger partial charge in [0.25, 0.3) is 0 Å². The van der Waals surface area contributed by atoms with Gasteiger partial charge in [0.05, 0.1) is 0 Å². The van der Waals surface area contributed by atoms with Crippen molar-refractivity contribution >= 4 is 0 Å². The Balaban J connectivity index is 0.000000250. The first-order valence-electron chi connectivity index (χ1n) is 18.0. The van der Waals surface area contributed by atoms with Gasteiger partial charge >= 0.3 is 0 Å². The quantitative estimate of drug-likeness (QED) is 0.178. The van der Waals surface area contributed by atoms with Crippen molar-refractivity contribution in [2.24, 2.45) is 11.8 Å². The van der Waals surface area contributed by atoms with Crippen LogP contribution in [0.25, 0.3) is 0 Å². The van der Waals surface area contributed by atoms with E-state index in [0.29, 0.717) is 17.2 Å². The van der Waals surface area contributed by atoms with Crippen molar-refractivity contribution in [3.63, 3.8) is 0 Å². The van der Waals surface area contributed by atoms with E-state index in [9.17, 15) is 15.3 Å². The molecule has 4 nitrogen and oxygen atoms in total. The molecule has 0 saturated carbocycles. The molecular formula is C43H64O4. The smallest absolute Gasteiger partial charge is 0.127 e. The van der Waals surface area contributed by atoms with E-state index in [-0.39, 0.29) is 42.3 Å². The highest BCUT2D eigenvalue weighted by Crippen LogP contribution is 2.53. The summed E-state index contributed by atoms with van der Waals surface area (Å²) in [5, 5.41) is 31.8. The fraction of sp³-hybridized carbons (Fsp3) is 0.581. The Hall–Kier alpha value is -3.14. The third-order valence-corrected chi connectivity index (χ3v) is 10.6. The molecule has 2 aromatic carbocycles. The molecule has 0 radical (unpaired) electrons. The number of unbranched alkanes of at least 4 members (excludes halogenated alkanes) is 4. The summed E-state index contributed by atoms with van der Waals surface area (Å²) in [5.74, 6) is 2.78. The lowest BCUT2D eigenvalue weighted by Crippen LogP contribution is -2.45. The maximum absolute atomic E-state index is 10.7. The molecule has 0 aromatic heterocycles. The molecular weight excluding hydrogens is 580 g/mol. The van der Waals surface area contributed by atoms with Crippen LogP contribution in [0.3, 0.4) is 0 Å². The van der Waals surface area contributed by atoms with Crippen LogP contribution >= 0.6 is 0 Å². The van der Waals surface area contributed by atoms with Gasteiger partial charge in [0.1, 0.15) is 28.6 Å². The molecule has 2 aromatic rings. The number of hydrogen-bond acceptors (Lipinski definition) is 4. The molecule has 1 aliphatic heterocycles. The largest absolute Gasteiger partial charge is 0.507 e. The lowest BCUT2D eigenvalue weighted by atomic mass is 9.68. The van der Waals surface area contributed by atoms with E-state index in [4.69, 9.17) is 4.74 Å². The summed E-state index contributed by atoms with van der Waals surface area (Å²) in [7, 11) is 0. The first kappa shape index (κ1) is 38.3. The molecule has 0 amide bonds. The van der Waals surface area contributed by atoms with E-state index < -0.39 is 0 Å². The molecule has 3 N–H and O–H groups in total. The first-order chi connectivity index (χ1) is 21.9. The van der Waals surface area contributed by atoms with Crippen LogP contribution in [0.5, 0.6) is 23.0 Å². The monoisotopic (exact) mass is 644 g/mol. The highest BCUT2D eigenvalue weighted by atomic mass is 16.5. The molecule has 2 unspecified atom stereocenters. The van der Waals surface area contributed by atoms with E-state index in [0.717, 1.165) is 67.4 Å². The van der Waals surface area contributed by atoms with Crippen LogP contribution in [0.15, 0.2) is 59.7 Å². The summed E-state index contributed by atoms with van der Waals surface area (Å²) in [6, 6.07) is 7.79. The predicted molar refractivity (Wildman–Crippen MR) is 199 cm³/mol. The molecule has 260 valence electrons. The zero-order valence-corrected chi connectivity index (χ0v) is 29.7. The topological polar surface area (TPSA) is 69.9 Å². The van der Waals surface area contributed by atoms with Crippen LogP contribution in [0, 0.1) is 11.8 Å². The first-order valence-corrected chi connectivity index (χ1v) is 18.0. The van der Waals surface area contributed by atoms with Gasteiger partial charge in [-0.2, -0.15) is 0 Å². The van der Waals surface area contributed by atoms with Gasteiger partial charge in [0.15, 0.2) is 0 Å². The number of aromatic hydroxyl groups is 3. The number of hydrogen-bond donors (Lipinski definition) is 3. The van der Waals surface area contributed by atoms with Gasteiger partial charge in [-0.25, -0.2) is 0 Å². The number of aryl methyl sites for hydroxylation is 2. The van der Waals surface area contributed by atoms with Crippen LogP contribution in [-0.4, -0.2) is 20.9 Å². The molecule has 5 rings (SSSR count). The standard InChI is InChI=1S/2C21H30O2.CH4/c1-5-6-7-8-15-12-18(22)20-16-11-14(2)9-10-17(16)21(3,4)23-19(20)13-15;1-5-6-7-8-16-12-19(22)21(20(23)13-16)18-11-15(4)9-10-17(18)14(2)3;/h11-13,16-17,22H,5-10H2,1-4H3;11-13,17-18,22-23H,2,5-10H2,1,3-4H3;1H4/t16-,17-;;/m1../s1. The molecule has 0 bridgehead atoms. The van der Waals surface area contributed by atoms with Crippen molar-refractivity contribution < 1.29 is 20.1 Å². The Morgan fingerprint density at radius 3 is 1.79 bits per heavy atom. The average Bonchev–Trinajstić information content (AvgIpc) is 2.96. The molecule has 4 heteroatoms. The number of allylic oxidation sites excluding steroid dienone is 5. The Kier molecular flexibility index (Phi) is 13.7. The molecule has 3 aliphatic rings.